The molecule has 0 radical (unpaired) electrons. The normalized spacial score (nSPS) is 18.9. The van der Waals surface area contributed by atoms with Gasteiger partial charge in [0.05, 0.1) is 5.56 Å². The van der Waals surface area contributed by atoms with E-state index in [0.29, 0.717) is 0 Å². The van der Waals surface area contributed by atoms with Crippen molar-refractivity contribution in [2.24, 2.45) is 0 Å². The number of nitro groups is 1. The monoisotopic (exact) mass is 221 g/mol. The SMILES string of the molecule is Cc1ccc2c(c1)OC(=O)[C@H]([N+](=O)[O-])C2=O. The van der Waals surface area contributed by atoms with E-state index in [0.717, 1.165) is 5.56 Å². The molecule has 0 aliphatic carbocycles. The van der Waals surface area contributed by atoms with E-state index < -0.39 is 22.7 Å². The number of carbonyl (C=O) groups excluding carboxylic acids is 2. The van der Waals surface area contributed by atoms with Crippen molar-refractivity contribution in [1.82, 2.24) is 0 Å². The molecule has 0 fully saturated rings. The van der Waals surface area contributed by atoms with Gasteiger partial charge < -0.3 is 4.74 Å². The highest BCUT2D eigenvalue weighted by atomic mass is 16.6. The highest BCUT2D eigenvalue weighted by Gasteiger charge is 2.45. The lowest BCUT2D eigenvalue weighted by molar-refractivity contribution is -0.493. The number of carbonyl (C=O) groups is 2. The summed E-state index contributed by atoms with van der Waals surface area (Å²) in [5.74, 6) is -1.86. The number of hydrogen-bond acceptors (Lipinski definition) is 5. The van der Waals surface area contributed by atoms with Gasteiger partial charge in [-0.1, -0.05) is 6.07 Å². The van der Waals surface area contributed by atoms with Gasteiger partial charge in [-0.3, -0.25) is 14.9 Å². The smallest absolute Gasteiger partial charge is 0.395 e. The zero-order valence-electron chi connectivity index (χ0n) is 8.30. The molecule has 82 valence electrons. The molecule has 1 aliphatic heterocycles. The Morgan fingerprint density at radius 2 is 2.06 bits per heavy atom. The lowest BCUT2D eigenvalue weighted by Gasteiger charge is -2.17. The topological polar surface area (TPSA) is 86.5 Å². The first-order chi connectivity index (χ1) is 7.50. The van der Waals surface area contributed by atoms with Crippen molar-refractivity contribution in [2.45, 2.75) is 13.0 Å². The first-order valence-corrected chi connectivity index (χ1v) is 4.51. The fraction of sp³-hybridized carbons (Fsp3) is 0.200. The number of rotatable bonds is 1. The molecule has 0 bridgehead atoms. The van der Waals surface area contributed by atoms with E-state index >= 15 is 0 Å². The van der Waals surface area contributed by atoms with E-state index in [-0.39, 0.29) is 11.3 Å². The number of esters is 1. The minimum Gasteiger partial charge on any atom is -0.420 e. The molecule has 0 unspecified atom stereocenters. The maximum atomic E-state index is 11.6. The number of ether oxygens (including phenoxy) is 1. The van der Waals surface area contributed by atoms with Gasteiger partial charge in [0.15, 0.2) is 0 Å². The Hall–Kier alpha value is -2.24. The van der Waals surface area contributed by atoms with Gasteiger partial charge in [0, 0.05) is 4.92 Å². The van der Waals surface area contributed by atoms with Gasteiger partial charge in [-0.2, -0.15) is 0 Å². The predicted octanol–water partition coefficient (Wildman–Crippen LogP) is 0.742. The fourth-order valence-electron chi connectivity index (χ4n) is 1.52. The van der Waals surface area contributed by atoms with E-state index in [1.807, 2.05) is 0 Å². The van der Waals surface area contributed by atoms with Crippen molar-refractivity contribution < 1.29 is 19.2 Å². The van der Waals surface area contributed by atoms with Crippen LogP contribution in [0.4, 0.5) is 0 Å². The summed E-state index contributed by atoms with van der Waals surface area (Å²) < 4.78 is 4.76. The summed E-state index contributed by atoms with van der Waals surface area (Å²) in [4.78, 5) is 32.5. The third-order valence-corrected chi connectivity index (χ3v) is 2.30. The summed E-state index contributed by atoms with van der Waals surface area (Å²) in [5.41, 5.74) is 0.880. The summed E-state index contributed by atoms with van der Waals surface area (Å²) >= 11 is 0. The molecule has 1 atom stereocenters. The minimum absolute atomic E-state index is 0.0758. The molecule has 1 aromatic carbocycles. The molecule has 6 heteroatoms. The molecule has 0 aromatic heterocycles. The van der Waals surface area contributed by atoms with Gasteiger partial charge in [0.2, 0.25) is 0 Å². The van der Waals surface area contributed by atoms with Gasteiger partial charge in [-0.25, -0.2) is 4.79 Å². The van der Waals surface area contributed by atoms with Crippen LogP contribution in [0.1, 0.15) is 15.9 Å². The zero-order valence-corrected chi connectivity index (χ0v) is 8.30. The van der Waals surface area contributed by atoms with Crippen molar-refractivity contribution in [3.8, 4) is 5.75 Å². The first kappa shape index (κ1) is 10.3. The maximum Gasteiger partial charge on any atom is 0.395 e. The van der Waals surface area contributed by atoms with Crippen LogP contribution in [0.25, 0.3) is 0 Å². The lowest BCUT2D eigenvalue weighted by atomic mass is 9.99. The van der Waals surface area contributed by atoms with E-state index in [1.54, 1.807) is 13.0 Å². The number of nitrogens with zero attached hydrogens (tertiary/aromatic N) is 1. The second-order valence-corrected chi connectivity index (χ2v) is 3.47. The average Bonchev–Trinajstić information content (AvgIpc) is 2.15. The third kappa shape index (κ3) is 1.44. The molecule has 0 N–H and O–H groups in total. The summed E-state index contributed by atoms with van der Waals surface area (Å²) in [7, 11) is 0. The molecule has 16 heavy (non-hydrogen) atoms. The van der Waals surface area contributed by atoms with Crippen LogP contribution < -0.4 is 4.74 Å². The van der Waals surface area contributed by atoms with Gasteiger partial charge >= 0.3 is 12.0 Å². The van der Waals surface area contributed by atoms with Crippen LogP contribution in [-0.4, -0.2) is 22.7 Å². The van der Waals surface area contributed by atoms with Crippen LogP contribution in [0.5, 0.6) is 5.75 Å². The number of hydrogen-bond donors (Lipinski definition) is 0. The highest BCUT2D eigenvalue weighted by Crippen LogP contribution is 2.27. The molecule has 0 saturated heterocycles. The molecule has 0 saturated carbocycles. The second-order valence-electron chi connectivity index (χ2n) is 3.47. The van der Waals surface area contributed by atoms with Crippen LogP contribution in [0.15, 0.2) is 18.2 Å². The van der Waals surface area contributed by atoms with E-state index in [4.69, 9.17) is 4.74 Å². The van der Waals surface area contributed by atoms with Gasteiger partial charge in [0.1, 0.15) is 5.75 Å². The lowest BCUT2D eigenvalue weighted by Crippen LogP contribution is -2.43. The van der Waals surface area contributed by atoms with Crippen molar-refractivity contribution in [3.63, 3.8) is 0 Å². The summed E-state index contributed by atoms with van der Waals surface area (Å²) in [6, 6.07) is 2.62. The van der Waals surface area contributed by atoms with Crippen LogP contribution in [0, 0.1) is 17.0 Å². The number of fused-ring (bicyclic) bond motifs is 1. The Balaban J connectivity index is 2.53. The minimum atomic E-state index is -1.93. The van der Waals surface area contributed by atoms with Crippen LogP contribution in [0.3, 0.4) is 0 Å². The Morgan fingerprint density at radius 1 is 1.38 bits per heavy atom. The Morgan fingerprint density at radius 3 is 2.69 bits per heavy atom. The molecule has 6 nitrogen and oxygen atoms in total. The van der Waals surface area contributed by atoms with E-state index in [1.165, 1.54) is 12.1 Å². The summed E-state index contributed by atoms with van der Waals surface area (Å²) in [6.07, 6.45) is 0. The second kappa shape index (κ2) is 3.41. The van der Waals surface area contributed by atoms with Crippen molar-refractivity contribution in [1.29, 1.82) is 0 Å². The van der Waals surface area contributed by atoms with Crippen LogP contribution >= 0.6 is 0 Å². The fourth-order valence-corrected chi connectivity index (χ4v) is 1.52. The van der Waals surface area contributed by atoms with Crippen molar-refractivity contribution >= 4 is 11.8 Å². The third-order valence-electron chi connectivity index (χ3n) is 2.30. The number of Topliss-reactive ketones (excluding diaryl/α,β-unsaturated/α-hetero) is 1. The Bertz CT molecular complexity index is 508. The summed E-state index contributed by atoms with van der Waals surface area (Å²) in [6.45, 7) is 1.76. The zero-order chi connectivity index (χ0) is 11.9. The number of benzene rings is 1. The number of ketones is 1. The van der Waals surface area contributed by atoms with Gasteiger partial charge in [-0.15, -0.1) is 0 Å². The van der Waals surface area contributed by atoms with Crippen molar-refractivity contribution in [2.75, 3.05) is 0 Å². The quantitative estimate of drug-likeness (QED) is 0.229. The van der Waals surface area contributed by atoms with Gasteiger partial charge in [0.25, 0.3) is 5.78 Å². The van der Waals surface area contributed by atoms with Gasteiger partial charge in [-0.05, 0) is 24.6 Å². The molecule has 0 spiro atoms. The molecule has 2 rings (SSSR count). The Labute approximate surface area is 90.0 Å². The molecular formula is C10H7NO5. The standard InChI is InChI=1S/C10H7NO5/c1-5-2-3-6-7(4-5)16-10(13)8(9(6)12)11(14)15/h2-4,8H,1H3/t8-/m1/s1. The highest BCUT2D eigenvalue weighted by molar-refractivity contribution is 6.15. The van der Waals surface area contributed by atoms with E-state index in [2.05, 4.69) is 0 Å². The first-order valence-electron chi connectivity index (χ1n) is 4.51. The molecule has 1 aliphatic rings. The molecule has 1 heterocycles. The summed E-state index contributed by atoms with van der Waals surface area (Å²) in [5, 5.41) is 10.5. The molecule has 0 amide bonds. The predicted molar refractivity (Wildman–Crippen MR) is 51.9 cm³/mol. The largest absolute Gasteiger partial charge is 0.420 e. The average molecular weight is 221 g/mol. The van der Waals surface area contributed by atoms with Crippen molar-refractivity contribution in [3.05, 3.63) is 39.4 Å². The molecular weight excluding hydrogens is 214 g/mol. The Kier molecular flexibility index (Phi) is 2.19. The van der Waals surface area contributed by atoms with E-state index in [9.17, 15) is 19.7 Å². The number of aryl methyl sites for hydroxylation is 1. The molecule has 1 aromatic rings. The van der Waals surface area contributed by atoms with Crippen LogP contribution in [-0.2, 0) is 4.79 Å². The van der Waals surface area contributed by atoms with Crippen LogP contribution in [0.2, 0.25) is 0 Å². The maximum absolute atomic E-state index is 11.6.